The number of piperidine rings is 1. The average Bonchev–Trinajstić information content (AvgIpc) is 3.05. The van der Waals surface area contributed by atoms with E-state index in [0.29, 0.717) is 11.9 Å². The molecule has 1 amide bonds. The Bertz CT molecular complexity index is 626. The van der Waals surface area contributed by atoms with Crippen LogP contribution in [0.25, 0.3) is 0 Å². The van der Waals surface area contributed by atoms with Crippen LogP contribution >= 0.6 is 11.8 Å². The number of carbonyl (C=O) groups is 1. The molecule has 0 spiro atoms. The number of aryl methyl sites for hydroxylation is 2. The number of thioether (sulfide) groups is 1. The van der Waals surface area contributed by atoms with Crippen LogP contribution < -0.4 is 0 Å². The van der Waals surface area contributed by atoms with E-state index in [1.165, 1.54) is 49.0 Å². The van der Waals surface area contributed by atoms with E-state index in [1.807, 2.05) is 11.8 Å². The molecule has 4 heteroatoms. The zero-order valence-corrected chi connectivity index (χ0v) is 16.2. The first kappa shape index (κ1) is 17.4. The van der Waals surface area contributed by atoms with E-state index in [0.717, 1.165) is 37.4 Å². The number of benzene rings is 1. The Kier molecular flexibility index (Phi) is 5.37. The van der Waals surface area contributed by atoms with Crippen LogP contribution in [-0.4, -0.2) is 59.4 Å². The highest BCUT2D eigenvalue weighted by Gasteiger charge is 2.36. The van der Waals surface area contributed by atoms with Crippen LogP contribution in [0.2, 0.25) is 0 Å². The number of hydrogen-bond acceptors (Lipinski definition) is 3. The molecule has 0 radical (unpaired) electrons. The minimum Gasteiger partial charge on any atom is -0.336 e. The molecule has 3 aliphatic rings. The summed E-state index contributed by atoms with van der Waals surface area (Å²) in [6.07, 6.45) is 6.08. The molecule has 1 aromatic carbocycles. The van der Waals surface area contributed by atoms with Gasteiger partial charge >= 0.3 is 0 Å². The van der Waals surface area contributed by atoms with E-state index in [4.69, 9.17) is 0 Å². The summed E-state index contributed by atoms with van der Waals surface area (Å²) in [7, 11) is 0. The van der Waals surface area contributed by atoms with E-state index in [-0.39, 0.29) is 5.92 Å². The SMILES string of the molecule is Cc1ccc2c(c1)CCC2C(=O)N1CCSCC1CN1CCCCC1. The minimum absolute atomic E-state index is 0.0996. The van der Waals surface area contributed by atoms with Crippen LogP contribution in [0.3, 0.4) is 0 Å². The summed E-state index contributed by atoms with van der Waals surface area (Å²) in [6, 6.07) is 7.05. The van der Waals surface area contributed by atoms with Gasteiger partial charge in [-0.2, -0.15) is 11.8 Å². The summed E-state index contributed by atoms with van der Waals surface area (Å²) in [5.41, 5.74) is 4.01. The van der Waals surface area contributed by atoms with Gasteiger partial charge in [-0.15, -0.1) is 0 Å². The zero-order valence-electron chi connectivity index (χ0n) is 15.4. The third-order valence-electron chi connectivity index (χ3n) is 6.10. The lowest BCUT2D eigenvalue weighted by atomic mass is 9.97. The molecule has 1 aromatic rings. The normalized spacial score (nSPS) is 27.3. The maximum Gasteiger partial charge on any atom is 0.230 e. The second-order valence-corrected chi connectivity index (χ2v) is 9.06. The minimum atomic E-state index is 0.0996. The number of likely N-dealkylation sites (tertiary alicyclic amines) is 1. The van der Waals surface area contributed by atoms with Gasteiger partial charge in [0.05, 0.1) is 12.0 Å². The van der Waals surface area contributed by atoms with Crippen molar-refractivity contribution in [3.05, 3.63) is 34.9 Å². The van der Waals surface area contributed by atoms with Gasteiger partial charge in [0.25, 0.3) is 0 Å². The summed E-state index contributed by atoms with van der Waals surface area (Å²) >= 11 is 2.02. The standard InChI is InChI=1S/C21H30N2OS/c1-16-5-7-19-17(13-16)6-8-20(19)21(24)23-11-12-25-15-18(23)14-22-9-3-2-4-10-22/h5,7,13,18,20H,2-4,6,8-12,14-15H2,1H3. The average molecular weight is 359 g/mol. The largest absolute Gasteiger partial charge is 0.336 e. The summed E-state index contributed by atoms with van der Waals surface area (Å²) in [5.74, 6) is 2.69. The summed E-state index contributed by atoms with van der Waals surface area (Å²) in [6.45, 7) is 6.58. The van der Waals surface area contributed by atoms with E-state index >= 15 is 0 Å². The van der Waals surface area contributed by atoms with Gasteiger partial charge in [0.2, 0.25) is 5.91 Å². The Balaban J connectivity index is 1.48. The van der Waals surface area contributed by atoms with Gasteiger partial charge in [-0.3, -0.25) is 4.79 Å². The second kappa shape index (κ2) is 7.71. The Morgan fingerprint density at radius 3 is 2.88 bits per heavy atom. The van der Waals surface area contributed by atoms with Crippen molar-refractivity contribution in [3.8, 4) is 0 Å². The second-order valence-electron chi connectivity index (χ2n) is 7.92. The Hall–Kier alpha value is -1.00. The lowest BCUT2D eigenvalue weighted by Gasteiger charge is -2.40. The number of hydrogen-bond donors (Lipinski definition) is 0. The van der Waals surface area contributed by atoms with Crippen molar-refractivity contribution in [2.24, 2.45) is 0 Å². The van der Waals surface area contributed by atoms with Crippen molar-refractivity contribution < 1.29 is 4.79 Å². The Morgan fingerprint density at radius 1 is 1.20 bits per heavy atom. The molecule has 2 heterocycles. The van der Waals surface area contributed by atoms with Crippen molar-refractivity contribution in [1.82, 2.24) is 9.80 Å². The van der Waals surface area contributed by atoms with Crippen molar-refractivity contribution in [2.75, 3.05) is 37.7 Å². The molecule has 1 aliphatic carbocycles. The van der Waals surface area contributed by atoms with Gasteiger partial charge < -0.3 is 9.80 Å². The van der Waals surface area contributed by atoms with Gasteiger partial charge in [-0.05, 0) is 56.8 Å². The first-order chi connectivity index (χ1) is 12.2. The van der Waals surface area contributed by atoms with E-state index in [9.17, 15) is 4.79 Å². The first-order valence-corrected chi connectivity index (χ1v) is 11.1. The van der Waals surface area contributed by atoms with Gasteiger partial charge in [0.1, 0.15) is 0 Å². The summed E-state index contributed by atoms with van der Waals surface area (Å²) < 4.78 is 0. The monoisotopic (exact) mass is 358 g/mol. The molecule has 0 aromatic heterocycles. The molecular formula is C21H30N2OS. The first-order valence-electron chi connectivity index (χ1n) is 9.92. The van der Waals surface area contributed by atoms with Crippen molar-refractivity contribution in [2.45, 2.75) is 51.0 Å². The fourth-order valence-corrected chi connectivity index (χ4v) is 5.79. The molecule has 2 fully saturated rings. The maximum atomic E-state index is 13.4. The number of amides is 1. The van der Waals surface area contributed by atoms with Crippen LogP contribution in [0.4, 0.5) is 0 Å². The van der Waals surface area contributed by atoms with Gasteiger partial charge in [0.15, 0.2) is 0 Å². The molecule has 4 rings (SSSR count). The van der Waals surface area contributed by atoms with Gasteiger partial charge in [-0.1, -0.05) is 30.2 Å². The molecule has 2 saturated heterocycles. The number of fused-ring (bicyclic) bond motifs is 1. The topological polar surface area (TPSA) is 23.6 Å². The molecule has 0 bridgehead atoms. The highest BCUT2D eigenvalue weighted by molar-refractivity contribution is 7.99. The number of nitrogens with zero attached hydrogens (tertiary/aromatic N) is 2. The molecule has 0 N–H and O–H groups in total. The van der Waals surface area contributed by atoms with Crippen molar-refractivity contribution in [1.29, 1.82) is 0 Å². The van der Waals surface area contributed by atoms with Crippen molar-refractivity contribution in [3.63, 3.8) is 0 Å². The number of carbonyl (C=O) groups excluding carboxylic acids is 1. The van der Waals surface area contributed by atoms with Gasteiger partial charge in [0, 0.05) is 24.6 Å². The Morgan fingerprint density at radius 2 is 2.04 bits per heavy atom. The predicted molar refractivity (Wildman–Crippen MR) is 105 cm³/mol. The third-order valence-corrected chi connectivity index (χ3v) is 7.19. The predicted octanol–water partition coefficient (Wildman–Crippen LogP) is 3.45. The smallest absolute Gasteiger partial charge is 0.230 e. The molecule has 2 aliphatic heterocycles. The van der Waals surface area contributed by atoms with E-state index in [2.05, 4.69) is 34.9 Å². The Labute approximate surface area is 156 Å². The van der Waals surface area contributed by atoms with Crippen LogP contribution in [0.5, 0.6) is 0 Å². The summed E-state index contributed by atoms with van der Waals surface area (Å²) in [4.78, 5) is 18.2. The lowest BCUT2D eigenvalue weighted by Crippen LogP contribution is -2.53. The van der Waals surface area contributed by atoms with Crippen LogP contribution in [0.15, 0.2) is 18.2 Å². The highest BCUT2D eigenvalue weighted by atomic mass is 32.2. The van der Waals surface area contributed by atoms with Crippen LogP contribution in [0.1, 0.15) is 48.3 Å². The highest BCUT2D eigenvalue weighted by Crippen LogP contribution is 2.36. The van der Waals surface area contributed by atoms with E-state index < -0.39 is 0 Å². The summed E-state index contributed by atoms with van der Waals surface area (Å²) in [5, 5.41) is 0. The fraction of sp³-hybridized carbons (Fsp3) is 0.667. The molecule has 136 valence electrons. The number of rotatable bonds is 3. The van der Waals surface area contributed by atoms with Crippen LogP contribution in [0, 0.1) is 6.92 Å². The van der Waals surface area contributed by atoms with Gasteiger partial charge in [-0.25, -0.2) is 0 Å². The molecule has 25 heavy (non-hydrogen) atoms. The maximum absolute atomic E-state index is 13.4. The fourth-order valence-electron chi connectivity index (χ4n) is 4.74. The van der Waals surface area contributed by atoms with Crippen LogP contribution in [-0.2, 0) is 11.2 Å². The third kappa shape index (κ3) is 3.75. The molecule has 2 unspecified atom stereocenters. The quantitative estimate of drug-likeness (QED) is 0.827. The zero-order chi connectivity index (χ0) is 17.2. The molecule has 0 saturated carbocycles. The lowest BCUT2D eigenvalue weighted by molar-refractivity contribution is -0.135. The molecule has 2 atom stereocenters. The van der Waals surface area contributed by atoms with Crippen molar-refractivity contribution >= 4 is 17.7 Å². The van der Waals surface area contributed by atoms with E-state index in [1.54, 1.807) is 0 Å². The molecular weight excluding hydrogens is 328 g/mol. The molecule has 3 nitrogen and oxygen atoms in total.